The molecule has 5 atom stereocenters. The van der Waals surface area contributed by atoms with Crippen LogP contribution in [0.25, 0.3) is 0 Å². The molecule has 0 bridgehead atoms. The van der Waals surface area contributed by atoms with Crippen LogP contribution >= 0.6 is 17.7 Å². The Morgan fingerprint density at radius 2 is 1.95 bits per heavy atom. The minimum Gasteiger partial charge on any atom is -0.382 e. The highest BCUT2D eigenvalue weighted by molar-refractivity contribution is 8.61. The maximum Gasteiger partial charge on any atom is 0.120 e. The molecule has 0 aromatic carbocycles. The van der Waals surface area contributed by atoms with Crippen molar-refractivity contribution in [2.24, 2.45) is 0 Å². The van der Waals surface area contributed by atoms with Crippen LogP contribution in [0.3, 0.4) is 0 Å². The maximum absolute atomic E-state index is 5.97. The summed E-state index contributed by atoms with van der Waals surface area (Å²) in [5, 5.41) is 0. The first-order chi connectivity index (χ1) is 9.45. The topological polar surface area (TPSA) is 46.2 Å². The van der Waals surface area contributed by atoms with Gasteiger partial charge < -0.3 is 23.5 Å². The number of thiol groups is 1. The highest BCUT2D eigenvalue weighted by atomic mass is 32.9. The van der Waals surface area contributed by atoms with Crippen LogP contribution in [0, 0.1) is 0 Å². The Hall–Kier alpha value is 0.865. The van der Waals surface area contributed by atoms with Crippen molar-refractivity contribution in [3.8, 4) is 0 Å². The molecule has 0 aromatic rings. The number of methoxy groups -OCH3 is 2. The zero-order valence-corrected chi connectivity index (χ0v) is 14.7. The van der Waals surface area contributed by atoms with Gasteiger partial charge in [0.05, 0.1) is 19.8 Å². The summed E-state index contributed by atoms with van der Waals surface area (Å²) in [6, 6.07) is -0.572. The lowest BCUT2D eigenvalue weighted by atomic mass is 9.93. The van der Waals surface area contributed by atoms with Gasteiger partial charge in [-0.3, -0.25) is 0 Å². The molecule has 1 saturated heterocycles. The second-order valence-corrected chi connectivity index (χ2v) is 11.1. The second kappa shape index (κ2) is 9.11. The molecule has 1 fully saturated rings. The fourth-order valence-corrected chi connectivity index (χ4v) is 3.31. The molecule has 0 N–H and O–H groups in total. The van der Waals surface area contributed by atoms with Crippen molar-refractivity contribution in [3.05, 3.63) is 0 Å². The van der Waals surface area contributed by atoms with E-state index in [2.05, 4.69) is 12.2 Å². The average molecular weight is 340 g/mol. The van der Waals surface area contributed by atoms with Gasteiger partial charge in [-0.05, 0) is 0 Å². The Labute approximate surface area is 132 Å². The van der Waals surface area contributed by atoms with E-state index in [0.717, 1.165) is 0 Å². The predicted molar refractivity (Wildman–Crippen MR) is 86.6 cm³/mol. The maximum atomic E-state index is 5.97. The Morgan fingerprint density at radius 3 is 2.50 bits per heavy atom. The van der Waals surface area contributed by atoms with Crippen LogP contribution in [0.4, 0.5) is 0 Å². The molecule has 0 aromatic heterocycles. The van der Waals surface area contributed by atoms with Gasteiger partial charge in [0.25, 0.3) is 0 Å². The van der Waals surface area contributed by atoms with E-state index in [1.54, 1.807) is 14.2 Å². The summed E-state index contributed by atoms with van der Waals surface area (Å²) in [6.07, 6.45) is -0.387. The van der Waals surface area contributed by atoms with Crippen molar-refractivity contribution in [1.82, 2.24) is 0 Å². The smallest absolute Gasteiger partial charge is 0.120 e. The third-order valence-electron chi connectivity index (χ3n) is 2.96. The second-order valence-electron chi connectivity index (χ2n) is 4.45. The van der Waals surface area contributed by atoms with Crippen LogP contribution in [0.1, 0.15) is 6.92 Å². The summed E-state index contributed by atoms with van der Waals surface area (Å²) < 4.78 is 27.4. The van der Waals surface area contributed by atoms with E-state index in [1.807, 2.05) is 6.92 Å². The van der Waals surface area contributed by atoms with Crippen molar-refractivity contribution < 1.29 is 23.5 Å². The third kappa shape index (κ3) is 5.57. The van der Waals surface area contributed by atoms with Gasteiger partial charge in [0.2, 0.25) is 0 Å². The molecule has 1 rings (SSSR count). The highest BCUT2D eigenvalue weighted by Crippen LogP contribution is 2.54. The summed E-state index contributed by atoms with van der Waals surface area (Å²) in [4.78, 5) is 0. The van der Waals surface area contributed by atoms with Gasteiger partial charge in [-0.15, -0.1) is 12.2 Å². The van der Waals surface area contributed by atoms with Crippen LogP contribution in [-0.4, -0.2) is 72.4 Å². The lowest BCUT2D eigenvalue weighted by Gasteiger charge is -2.28. The molecule has 1 aliphatic heterocycles. The van der Waals surface area contributed by atoms with E-state index >= 15 is 0 Å². The Bertz CT molecular complexity index is 336. The van der Waals surface area contributed by atoms with Crippen LogP contribution in [0.2, 0.25) is 0 Å². The van der Waals surface area contributed by atoms with E-state index in [0.29, 0.717) is 26.0 Å². The van der Waals surface area contributed by atoms with E-state index in [4.69, 9.17) is 43.1 Å². The molecule has 9 heteroatoms. The van der Waals surface area contributed by atoms with Crippen molar-refractivity contribution in [2.75, 3.05) is 40.2 Å². The van der Waals surface area contributed by atoms with E-state index in [-0.39, 0.29) is 12.2 Å². The van der Waals surface area contributed by atoms with Crippen LogP contribution in [0.15, 0.2) is 0 Å². The van der Waals surface area contributed by atoms with Crippen LogP contribution < -0.4 is 0 Å². The fourth-order valence-electron chi connectivity index (χ4n) is 1.90. The fraction of sp³-hybridized carbons (Fsp3) is 1.00. The highest BCUT2D eigenvalue weighted by Gasteiger charge is 2.45. The van der Waals surface area contributed by atoms with Crippen molar-refractivity contribution in [3.63, 3.8) is 0 Å². The molecule has 20 heavy (non-hydrogen) atoms. The normalized spacial score (nSPS) is 33.2. The summed E-state index contributed by atoms with van der Waals surface area (Å²) in [7, 11) is 9.17. The molecular weight excluding hydrogens is 318 g/mol. The van der Waals surface area contributed by atoms with Gasteiger partial charge in [-0.1, -0.05) is 18.7 Å². The molecule has 2 unspecified atom stereocenters. The summed E-state index contributed by atoms with van der Waals surface area (Å²) in [5.41, 5.74) is -2.16. The first kappa shape index (κ1) is 18.9. The van der Waals surface area contributed by atoms with Crippen molar-refractivity contribution in [2.45, 2.75) is 31.2 Å². The lowest BCUT2D eigenvalue weighted by Crippen LogP contribution is -2.39. The van der Waals surface area contributed by atoms with E-state index in [1.165, 1.54) is 0 Å². The summed E-state index contributed by atoms with van der Waals surface area (Å²) >= 11 is 9.82. The van der Waals surface area contributed by atoms with Gasteiger partial charge in [0, 0.05) is 26.4 Å². The standard InChI is InChI=1S/C11H22BO5PS2/c1-4-18(19,20)17-9-8(7-14-3)16-11(12)10(9)15-6-5-13-2/h8-11H,4-7H2,1-3H3,(H,19,20)/t8-,9+,10?,11-/m1/s1. The molecular formula is C11H22BO5PS2. The Balaban J connectivity index is 2.74. The van der Waals surface area contributed by atoms with Gasteiger partial charge >= 0.3 is 0 Å². The largest absolute Gasteiger partial charge is 0.382 e. The molecule has 0 aliphatic carbocycles. The van der Waals surface area contributed by atoms with Gasteiger partial charge in [-0.25, -0.2) is 0 Å². The third-order valence-corrected chi connectivity index (χ3v) is 6.50. The van der Waals surface area contributed by atoms with Crippen LogP contribution in [-0.2, 0) is 35.3 Å². The average Bonchev–Trinajstić information content (AvgIpc) is 2.67. The molecule has 0 saturated carbocycles. The first-order valence-corrected chi connectivity index (χ1v) is 10.5. The van der Waals surface area contributed by atoms with E-state index < -0.39 is 17.6 Å². The first-order valence-electron chi connectivity index (χ1n) is 6.46. The van der Waals surface area contributed by atoms with Gasteiger partial charge in [-0.2, -0.15) is 0 Å². The molecule has 116 valence electrons. The quantitative estimate of drug-likeness (QED) is 0.295. The molecule has 0 amide bonds. The minimum atomic E-state index is -2.16. The zero-order chi connectivity index (χ0) is 15.2. The van der Waals surface area contributed by atoms with Gasteiger partial charge in [0.1, 0.15) is 31.6 Å². The molecule has 1 heterocycles. The minimum absolute atomic E-state index is 0.302. The molecule has 5 nitrogen and oxygen atoms in total. The summed E-state index contributed by atoms with van der Waals surface area (Å²) in [5.74, 6) is 0. The Morgan fingerprint density at radius 1 is 1.25 bits per heavy atom. The number of hydrogen-bond acceptors (Lipinski definition) is 6. The lowest BCUT2D eigenvalue weighted by molar-refractivity contribution is -0.0295. The number of rotatable bonds is 9. The molecule has 0 spiro atoms. The number of hydrogen-bond donors (Lipinski definition) is 1. The monoisotopic (exact) mass is 340 g/mol. The number of ether oxygens (including phenoxy) is 4. The van der Waals surface area contributed by atoms with Gasteiger partial charge in [0.15, 0.2) is 0 Å². The molecule has 1 aliphatic rings. The predicted octanol–water partition coefficient (Wildman–Crippen LogP) is 1.20. The van der Waals surface area contributed by atoms with Crippen molar-refractivity contribution in [1.29, 1.82) is 0 Å². The zero-order valence-electron chi connectivity index (χ0n) is 12.1. The van der Waals surface area contributed by atoms with Crippen molar-refractivity contribution >= 4 is 37.4 Å². The van der Waals surface area contributed by atoms with Crippen LogP contribution in [0.5, 0.6) is 0 Å². The summed E-state index contributed by atoms with van der Waals surface area (Å²) in [6.45, 7) is 3.22. The van der Waals surface area contributed by atoms with E-state index in [9.17, 15) is 0 Å². The molecule has 2 radical (unpaired) electrons. The SMILES string of the molecule is [B][C@@H]1O[C@H](COC)[C@H](OP(=S)(S)CC)C1OCCOC. The Kier molecular flexibility index (Phi) is 8.61.